The Morgan fingerprint density at radius 2 is 2.40 bits per heavy atom. The van der Waals surface area contributed by atoms with E-state index < -0.39 is 17.4 Å². The van der Waals surface area contributed by atoms with E-state index in [9.17, 15) is 20.0 Å². The monoisotopic (exact) mass is 228 g/mol. The van der Waals surface area contributed by atoms with Crippen LogP contribution < -0.4 is 9.83 Å². The summed E-state index contributed by atoms with van der Waals surface area (Å²) in [6.07, 6.45) is 1.38. The molecule has 8 heteroatoms. The molecule has 7 nitrogen and oxygen atoms in total. The zero-order valence-corrected chi connectivity index (χ0v) is 8.19. The Bertz CT molecular complexity index is 384. The molecule has 80 valence electrons. The highest BCUT2D eigenvalue weighted by atomic mass is 32.2. The molecule has 0 bridgehead atoms. The molecule has 0 fully saturated rings. The minimum Gasteiger partial charge on any atom is -0.549 e. The molecule has 0 saturated heterocycles. The van der Waals surface area contributed by atoms with Crippen molar-refractivity contribution in [1.82, 2.24) is 9.71 Å². The van der Waals surface area contributed by atoms with Crippen molar-refractivity contribution in [3.05, 3.63) is 28.4 Å². The molecule has 0 atom stereocenters. The molecular weight excluding hydrogens is 222 g/mol. The lowest BCUT2D eigenvalue weighted by atomic mass is 10.4. The van der Waals surface area contributed by atoms with Gasteiger partial charge in [-0.3, -0.25) is 14.8 Å². The van der Waals surface area contributed by atoms with E-state index in [2.05, 4.69) is 9.71 Å². The third-order valence-electron chi connectivity index (χ3n) is 1.33. The van der Waals surface area contributed by atoms with Gasteiger partial charge in [0.05, 0.1) is 10.9 Å². The fourth-order valence-corrected chi connectivity index (χ4v) is 1.45. The van der Waals surface area contributed by atoms with Crippen molar-refractivity contribution in [2.75, 3.05) is 6.54 Å². The normalized spacial score (nSPS) is 9.87. The fraction of sp³-hybridized carbons (Fsp3) is 0.143. The summed E-state index contributed by atoms with van der Waals surface area (Å²) in [7, 11) is 0. The molecule has 15 heavy (non-hydrogen) atoms. The zero-order chi connectivity index (χ0) is 11.3. The van der Waals surface area contributed by atoms with E-state index in [0.29, 0.717) is 0 Å². The van der Waals surface area contributed by atoms with Crippen molar-refractivity contribution in [2.24, 2.45) is 0 Å². The molecule has 1 heterocycles. The van der Waals surface area contributed by atoms with Crippen molar-refractivity contribution in [3.8, 4) is 0 Å². The lowest BCUT2D eigenvalue weighted by Crippen LogP contribution is -2.31. The van der Waals surface area contributed by atoms with Gasteiger partial charge in [0.25, 0.3) is 0 Å². The van der Waals surface area contributed by atoms with Crippen molar-refractivity contribution in [1.29, 1.82) is 0 Å². The molecule has 1 rings (SSSR count). The number of carbonyl (C=O) groups is 1. The average molecular weight is 228 g/mol. The molecule has 0 radical (unpaired) electrons. The van der Waals surface area contributed by atoms with Crippen molar-refractivity contribution in [2.45, 2.75) is 5.03 Å². The Labute approximate surface area is 88.8 Å². The molecular formula is C7H6N3O4S-. The predicted octanol–water partition coefficient (Wildman–Crippen LogP) is -0.664. The SMILES string of the molecule is O=C([O-])CNSc1ncccc1[N+](=O)[O-]. The second kappa shape index (κ2) is 5.27. The van der Waals surface area contributed by atoms with E-state index in [0.717, 1.165) is 11.9 Å². The van der Waals surface area contributed by atoms with Crippen LogP contribution in [0.15, 0.2) is 23.4 Å². The van der Waals surface area contributed by atoms with Gasteiger partial charge in [0.1, 0.15) is 0 Å². The first kappa shape index (κ1) is 11.4. The van der Waals surface area contributed by atoms with Gasteiger partial charge in [-0.25, -0.2) is 4.98 Å². The molecule has 0 aliphatic heterocycles. The standard InChI is InChI=1S/C7H7N3O4S/c11-6(12)4-9-15-7-5(10(13)14)2-1-3-8-7/h1-3,9H,4H2,(H,11,12)/p-1. The highest BCUT2D eigenvalue weighted by Crippen LogP contribution is 2.23. The molecule has 0 aliphatic carbocycles. The van der Waals surface area contributed by atoms with Gasteiger partial charge < -0.3 is 9.90 Å². The average Bonchev–Trinajstić information content (AvgIpc) is 2.17. The van der Waals surface area contributed by atoms with E-state index in [1.54, 1.807) is 0 Å². The maximum absolute atomic E-state index is 10.5. The van der Waals surface area contributed by atoms with Gasteiger partial charge in [-0.05, 0) is 18.0 Å². The number of aliphatic carboxylic acids is 1. The summed E-state index contributed by atoms with van der Waals surface area (Å²) in [6.45, 7) is -0.404. The van der Waals surface area contributed by atoms with Gasteiger partial charge in [0.15, 0.2) is 5.03 Å². The first-order valence-corrected chi connectivity index (χ1v) is 4.62. The van der Waals surface area contributed by atoms with Gasteiger partial charge in [-0.2, -0.15) is 0 Å². The second-order valence-corrected chi connectivity index (χ2v) is 3.26. The van der Waals surface area contributed by atoms with Crippen LogP contribution in [0.4, 0.5) is 5.69 Å². The first-order valence-electron chi connectivity index (χ1n) is 3.80. The lowest BCUT2D eigenvalue weighted by molar-refractivity contribution is -0.388. The number of nitrogens with one attached hydrogen (secondary N) is 1. The van der Waals surface area contributed by atoms with Crippen LogP contribution in [0, 0.1) is 10.1 Å². The second-order valence-electron chi connectivity index (χ2n) is 2.38. The van der Waals surface area contributed by atoms with E-state index in [1.165, 1.54) is 18.3 Å². The van der Waals surface area contributed by atoms with E-state index in [1.807, 2.05) is 0 Å². The number of nitro groups is 1. The molecule has 1 aromatic rings. The molecule has 1 N–H and O–H groups in total. The van der Waals surface area contributed by atoms with E-state index >= 15 is 0 Å². The number of carboxylic acids is 1. The molecule has 0 aliphatic rings. The summed E-state index contributed by atoms with van der Waals surface area (Å²) < 4.78 is 2.38. The number of carboxylic acid groups (broad SMARTS) is 1. The van der Waals surface area contributed by atoms with Crippen molar-refractivity contribution in [3.63, 3.8) is 0 Å². The number of pyridine rings is 1. The van der Waals surface area contributed by atoms with Crippen LogP contribution in [0.5, 0.6) is 0 Å². The first-order chi connectivity index (χ1) is 7.11. The van der Waals surface area contributed by atoms with Crippen LogP contribution >= 0.6 is 11.9 Å². The van der Waals surface area contributed by atoms with Crippen LogP contribution in [-0.2, 0) is 4.79 Å². The number of carbonyl (C=O) groups excluding carboxylic acids is 1. The quantitative estimate of drug-likeness (QED) is 0.404. The van der Waals surface area contributed by atoms with Crippen LogP contribution in [-0.4, -0.2) is 22.4 Å². The number of nitrogens with zero attached hydrogens (tertiary/aromatic N) is 2. The lowest BCUT2D eigenvalue weighted by Gasteiger charge is -2.03. The number of aromatic nitrogens is 1. The largest absolute Gasteiger partial charge is 0.549 e. The molecule has 1 aromatic heterocycles. The van der Waals surface area contributed by atoms with E-state index in [-0.39, 0.29) is 10.7 Å². The van der Waals surface area contributed by atoms with Crippen LogP contribution in [0.1, 0.15) is 0 Å². The van der Waals surface area contributed by atoms with Gasteiger partial charge in [0.2, 0.25) is 0 Å². The molecule has 0 saturated carbocycles. The third-order valence-corrected chi connectivity index (χ3v) is 2.13. The summed E-state index contributed by atoms with van der Waals surface area (Å²) in [6, 6.07) is 2.72. The van der Waals surface area contributed by atoms with Gasteiger partial charge in [-0.1, -0.05) is 0 Å². The van der Waals surface area contributed by atoms with Gasteiger partial charge in [-0.15, -0.1) is 0 Å². The highest BCUT2D eigenvalue weighted by molar-refractivity contribution is 7.97. The Hall–Kier alpha value is -1.67. The van der Waals surface area contributed by atoms with Crippen molar-refractivity contribution >= 4 is 23.6 Å². The molecule has 0 unspecified atom stereocenters. The smallest absolute Gasteiger partial charge is 0.302 e. The number of rotatable bonds is 5. The molecule has 0 amide bonds. The summed E-state index contributed by atoms with van der Waals surface area (Å²) >= 11 is 0.780. The van der Waals surface area contributed by atoms with E-state index in [4.69, 9.17) is 0 Å². The van der Waals surface area contributed by atoms with Crippen molar-refractivity contribution < 1.29 is 14.8 Å². The van der Waals surface area contributed by atoms with Crippen LogP contribution in [0.3, 0.4) is 0 Å². The highest BCUT2D eigenvalue weighted by Gasteiger charge is 2.13. The third kappa shape index (κ3) is 3.52. The Morgan fingerprint density at radius 1 is 1.67 bits per heavy atom. The topological polar surface area (TPSA) is 108 Å². The number of hydrogen-bond acceptors (Lipinski definition) is 7. The summed E-state index contributed by atoms with van der Waals surface area (Å²) in [4.78, 5) is 23.7. The van der Waals surface area contributed by atoms with Gasteiger partial charge >= 0.3 is 5.69 Å². The summed E-state index contributed by atoms with van der Waals surface area (Å²) in [5.74, 6) is -1.29. The molecule has 0 aromatic carbocycles. The Morgan fingerprint density at radius 3 is 3.00 bits per heavy atom. The summed E-state index contributed by atoms with van der Waals surface area (Å²) in [5.41, 5.74) is -0.173. The van der Waals surface area contributed by atoms with Gasteiger partial charge in [0, 0.05) is 18.8 Å². The minimum atomic E-state index is -1.29. The maximum Gasteiger partial charge on any atom is 0.302 e. The van der Waals surface area contributed by atoms with Crippen LogP contribution in [0.25, 0.3) is 0 Å². The van der Waals surface area contributed by atoms with Crippen LogP contribution in [0.2, 0.25) is 0 Å². The predicted molar refractivity (Wildman–Crippen MR) is 49.8 cm³/mol. The Balaban J connectivity index is 2.67. The minimum absolute atomic E-state index is 0.115. The number of hydrogen-bond donors (Lipinski definition) is 1. The molecule has 0 spiro atoms. The fourth-order valence-electron chi connectivity index (χ4n) is 0.763. The Kier molecular flexibility index (Phi) is 4.01. The zero-order valence-electron chi connectivity index (χ0n) is 7.37. The summed E-state index contributed by atoms with van der Waals surface area (Å²) in [5, 5.41) is 20.7. The maximum atomic E-state index is 10.5.